The number of ether oxygens (including phenoxy) is 1. The second-order valence-electron chi connectivity index (χ2n) is 6.23. The molecule has 1 heterocycles. The van der Waals surface area contributed by atoms with Gasteiger partial charge in [0, 0.05) is 5.56 Å². The number of amides is 1. The van der Waals surface area contributed by atoms with Gasteiger partial charge in [0.25, 0.3) is 5.91 Å². The van der Waals surface area contributed by atoms with Crippen LogP contribution in [0, 0.1) is 12.7 Å². The Hall–Kier alpha value is -3.19. The lowest BCUT2D eigenvalue weighted by Gasteiger charge is -2.04. The number of nitrogens with zero attached hydrogens (tertiary/aromatic N) is 3. The van der Waals surface area contributed by atoms with Crippen molar-refractivity contribution in [3.63, 3.8) is 0 Å². The van der Waals surface area contributed by atoms with Gasteiger partial charge < -0.3 is 4.74 Å². The van der Waals surface area contributed by atoms with Crippen LogP contribution in [0.2, 0.25) is 5.15 Å². The molecule has 0 saturated carbocycles. The number of carbonyl (C=O) groups is 1. The van der Waals surface area contributed by atoms with Crippen LogP contribution in [0.25, 0.3) is 0 Å². The van der Waals surface area contributed by atoms with Crippen LogP contribution in [0.3, 0.4) is 0 Å². The Labute approximate surface area is 173 Å². The van der Waals surface area contributed by atoms with E-state index in [2.05, 4.69) is 15.6 Å². The molecule has 3 aromatic rings. The van der Waals surface area contributed by atoms with E-state index in [0.717, 1.165) is 5.56 Å². The minimum Gasteiger partial charge on any atom is -0.494 e. The van der Waals surface area contributed by atoms with Crippen LogP contribution in [-0.4, -0.2) is 28.5 Å². The number of aromatic nitrogens is 2. The number of aryl methyl sites for hydroxylation is 1. The van der Waals surface area contributed by atoms with Crippen LogP contribution in [0.5, 0.6) is 5.75 Å². The number of hydrazone groups is 1. The normalized spacial score (nSPS) is 11.0. The smallest absolute Gasteiger partial charge is 0.271 e. The van der Waals surface area contributed by atoms with Crippen LogP contribution in [0.1, 0.15) is 34.1 Å². The molecule has 2 aromatic carbocycles. The lowest BCUT2D eigenvalue weighted by Crippen LogP contribution is -2.17. The molecule has 0 spiro atoms. The highest BCUT2D eigenvalue weighted by Crippen LogP contribution is 2.19. The molecule has 8 heteroatoms. The molecule has 1 N–H and O–H groups in total. The van der Waals surface area contributed by atoms with Crippen LogP contribution in [0.15, 0.2) is 53.6 Å². The monoisotopic (exact) mass is 414 g/mol. The second-order valence-corrected chi connectivity index (χ2v) is 6.59. The highest BCUT2D eigenvalue weighted by atomic mass is 35.5. The predicted octanol–water partition coefficient (Wildman–Crippen LogP) is 4.19. The predicted molar refractivity (Wildman–Crippen MR) is 110 cm³/mol. The number of carbonyl (C=O) groups excluding carboxylic acids is 1. The van der Waals surface area contributed by atoms with Crippen molar-refractivity contribution in [3.8, 4) is 5.75 Å². The summed E-state index contributed by atoms with van der Waals surface area (Å²) in [5.41, 5.74) is 5.05. The van der Waals surface area contributed by atoms with Gasteiger partial charge in [0.1, 0.15) is 16.7 Å². The van der Waals surface area contributed by atoms with E-state index in [-0.39, 0.29) is 11.7 Å². The molecular formula is C21H20ClFN4O2. The van der Waals surface area contributed by atoms with Gasteiger partial charge in [0.05, 0.1) is 30.6 Å². The SMILES string of the molecule is CCOc1ccc(C(=O)N/N=C/c2c(C)nn(Cc3ccc(F)cc3)c2Cl)cc1. The van der Waals surface area contributed by atoms with E-state index < -0.39 is 0 Å². The van der Waals surface area contributed by atoms with Crippen LogP contribution < -0.4 is 10.2 Å². The fourth-order valence-corrected chi connectivity index (χ4v) is 2.95. The summed E-state index contributed by atoms with van der Waals surface area (Å²) in [5.74, 6) is 0.0490. The number of nitrogens with one attached hydrogen (secondary N) is 1. The number of hydrogen-bond donors (Lipinski definition) is 1. The van der Waals surface area contributed by atoms with Crippen molar-refractivity contribution in [2.24, 2.45) is 5.10 Å². The fraction of sp³-hybridized carbons (Fsp3) is 0.190. The van der Waals surface area contributed by atoms with E-state index in [1.54, 1.807) is 48.0 Å². The summed E-state index contributed by atoms with van der Waals surface area (Å²) < 4.78 is 20.0. The molecule has 0 fully saturated rings. The largest absolute Gasteiger partial charge is 0.494 e. The summed E-state index contributed by atoms with van der Waals surface area (Å²) in [6.45, 7) is 4.64. The topological polar surface area (TPSA) is 68.5 Å². The van der Waals surface area contributed by atoms with Gasteiger partial charge in [-0.15, -0.1) is 0 Å². The van der Waals surface area contributed by atoms with E-state index >= 15 is 0 Å². The molecule has 0 atom stereocenters. The highest BCUT2D eigenvalue weighted by Gasteiger charge is 2.12. The van der Waals surface area contributed by atoms with Crippen LogP contribution in [0.4, 0.5) is 4.39 Å². The molecule has 3 rings (SSSR count). The summed E-state index contributed by atoms with van der Waals surface area (Å²) >= 11 is 6.40. The van der Waals surface area contributed by atoms with Crippen molar-refractivity contribution in [3.05, 3.63) is 81.9 Å². The van der Waals surface area contributed by atoms with Crippen LogP contribution in [-0.2, 0) is 6.54 Å². The van der Waals surface area contributed by atoms with E-state index in [0.29, 0.717) is 40.9 Å². The number of benzene rings is 2. The van der Waals surface area contributed by atoms with Gasteiger partial charge in [0.2, 0.25) is 0 Å². The molecule has 0 radical (unpaired) electrons. The molecule has 0 aliphatic carbocycles. The van der Waals surface area contributed by atoms with Gasteiger partial charge in [-0.1, -0.05) is 23.7 Å². The van der Waals surface area contributed by atoms with Crippen molar-refractivity contribution < 1.29 is 13.9 Å². The average molecular weight is 415 g/mol. The molecule has 0 unspecified atom stereocenters. The minimum atomic E-state index is -0.350. The van der Waals surface area contributed by atoms with Gasteiger partial charge in [-0.05, 0) is 55.8 Å². The first-order valence-electron chi connectivity index (χ1n) is 9.01. The molecular weight excluding hydrogens is 395 g/mol. The van der Waals surface area contributed by atoms with Gasteiger partial charge in [-0.25, -0.2) is 14.5 Å². The fourth-order valence-electron chi connectivity index (χ4n) is 2.67. The third kappa shape index (κ3) is 5.20. The Kier molecular flexibility index (Phi) is 6.61. The minimum absolute atomic E-state index is 0.299. The number of hydrogen-bond acceptors (Lipinski definition) is 4. The highest BCUT2D eigenvalue weighted by molar-refractivity contribution is 6.32. The summed E-state index contributed by atoms with van der Waals surface area (Å²) in [5, 5.41) is 8.75. The summed E-state index contributed by atoms with van der Waals surface area (Å²) in [7, 11) is 0. The van der Waals surface area contributed by atoms with Crippen molar-refractivity contribution in [2.45, 2.75) is 20.4 Å². The zero-order valence-electron chi connectivity index (χ0n) is 16.0. The first-order chi connectivity index (χ1) is 14.0. The summed E-state index contributed by atoms with van der Waals surface area (Å²) in [4.78, 5) is 12.2. The van der Waals surface area contributed by atoms with E-state index in [1.165, 1.54) is 18.3 Å². The molecule has 1 aromatic heterocycles. The van der Waals surface area contributed by atoms with E-state index in [1.807, 2.05) is 6.92 Å². The summed E-state index contributed by atoms with van der Waals surface area (Å²) in [6.07, 6.45) is 1.46. The molecule has 0 saturated heterocycles. The van der Waals surface area contributed by atoms with Crippen molar-refractivity contribution >= 4 is 23.7 Å². The molecule has 0 aliphatic rings. The van der Waals surface area contributed by atoms with E-state index in [4.69, 9.17) is 16.3 Å². The average Bonchev–Trinajstić information content (AvgIpc) is 2.98. The first-order valence-corrected chi connectivity index (χ1v) is 9.39. The van der Waals surface area contributed by atoms with Gasteiger partial charge in [-0.3, -0.25) is 4.79 Å². The second kappa shape index (κ2) is 9.34. The maximum Gasteiger partial charge on any atom is 0.271 e. The van der Waals surface area contributed by atoms with Gasteiger partial charge >= 0.3 is 0 Å². The maximum atomic E-state index is 13.0. The summed E-state index contributed by atoms with van der Waals surface area (Å²) in [6, 6.07) is 12.9. The zero-order valence-corrected chi connectivity index (χ0v) is 16.8. The Morgan fingerprint density at radius 1 is 1.24 bits per heavy atom. The zero-order chi connectivity index (χ0) is 20.8. The molecule has 150 valence electrons. The molecule has 1 amide bonds. The standard InChI is InChI=1S/C21H20ClFN4O2/c1-3-29-18-10-6-16(7-11-18)21(28)25-24-12-19-14(2)26-27(20(19)22)13-15-4-8-17(23)9-5-15/h4-12H,3,13H2,1-2H3,(H,25,28)/b24-12+. The third-order valence-electron chi connectivity index (χ3n) is 4.14. The number of halogens is 2. The lowest BCUT2D eigenvalue weighted by atomic mass is 10.2. The van der Waals surface area contributed by atoms with Crippen LogP contribution >= 0.6 is 11.6 Å². The first kappa shape index (κ1) is 20.5. The van der Waals surface area contributed by atoms with Crippen molar-refractivity contribution in [2.75, 3.05) is 6.61 Å². The van der Waals surface area contributed by atoms with E-state index in [9.17, 15) is 9.18 Å². The van der Waals surface area contributed by atoms with Crippen molar-refractivity contribution in [1.29, 1.82) is 0 Å². The number of rotatable bonds is 7. The van der Waals surface area contributed by atoms with Gasteiger partial charge in [0.15, 0.2) is 0 Å². The quantitative estimate of drug-likeness (QED) is 0.465. The molecule has 29 heavy (non-hydrogen) atoms. The molecule has 0 aliphatic heterocycles. The lowest BCUT2D eigenvalue weighted by molar-refractivity contribution is 0.0955. The Balaban J connectivity index is 1.66. The Morgan fingerprint density at radius 3 is 2.59 bits per heavy atom. The molecule has 0 bridgehead atoms. The maximum absolute atomic E-state index is 13.0. The Morgan fingerprint density at radius 2 is 1.93 bits per heavy atom. The Bertz CT molecular complexity index is 1010. The van der Waals surface area contributed by atoms with Gasteiger partial charge in [-0.2, -0.15) is 10.2 Å². The third-order valence-corrected chi connectivity index (χ3v) is 4.54. The van der Waals surface area contributed by atoms with Crippen molar-refractivity contribution in [1.82, 2.24) is 15.2 Å². The molecule has 6 nitrogen and oxygen atoms in total.